The van der Waals surface area contributed by atoms with Crippen LogP contribution >= 0.6 is 0 Å². The van der Waals surface area contributed by atoms with Crippen molar-refractivity contribution < 1.29 is 0 Å². The summed E-state index contributed by atoms with van der Waals surface area (Å²) in [5, 5.41) is 5.63. The Morgan fingerprint density at radius 2 is 1.58 bits per heavy atom. The highest BCUT2D eigenvalue weighted by Gasteiger charge is 2.17. The van der Waals surface area contributed by atoms with Crippen molar-refractivity contribution >= 4 is 21.5 Å². The topological polar surface area (TPSA) is 15.8 Å². The molecule has 0 amide bonds. The molecule has 1 nitrogen and oxygen atoms in total. The zero-order valence-corrected chi connectivity index (χ0v) is 14.1. The van der Waals surface area contributed by atoms with Crippen LogP contribution in [0.4, 0.5) is 0 Å². The van der Waals surface area contributed by atoms with E-state index in [9.17, 15) is 0 Å². The third kappa shape index (κ3) is 2.82. The first-order valence-corrected chi connectivity index (χ1v) is 8.83. The van der Waals surface area contributed by atoms with Gasteiger partial charge in [0.05, 0.1) is 0 Å². The minimum Gasteiger partial charge on any atom is -0.368 e. The molecule has 0 aliphatic heterocycles. The molecule has 3 aromatic carbocycles. The highest BCUT2D eigenvalue weighted by Crippen LogP contribution is 2.34. The number of H-pyrrole nitrogens is 1. The van der Waals surface area contributed by atoms with Gasteiger partial charge in [0, 0.05) is 12.4 Å². The number of aromatic nitrogens is 1. The number of rotatable bonds is 0. The lowest BCUT2D eigenvalue weighted by Gasteiger charge is -2.23. The Morgan fingerprint density at radius 1 is 0.792 bits per heavy atom. The summed E-state index contributed by atoms with van der Waals surface area (Å²) in [6.45, 7) is 2.37. The van der Waals surface area contributed by atoms with Gasteiger partial charge in [-0.2, -0.15) is 0 Å². The van der Waals surface area contributed by atoms with Crippen molar-refractivity contribution in [1.29, 1.82) is 0 Å². The minimum absolute atomic E-state index is 0.838. The Bertz CT molecular complexity index is 933. The van der Waals surface area contributed by atoms with Gasteiger partial charge in [0.1, 0.15) is 0 Å². The summed E-state index contributed by atoms with van der Waals surface area (Å²) in [6, 6.07) is 21.9. The van der Waals surface area contributed by atoms with Crippen LogP contribution in [0.1, 0.15) is 24.5 Å². The maximum Gasteiger partial charge on any atom is 0.000496 e. The van der Waals surface area contributed by atoms with Gasteiger partial charge < -0.3 is 4.98 Å². The van der Waals surface area contributed by atoms with Crippen LogP contribution in [-0.2, 0) is 12.8 Å². The maximum atomic E-state index is 2.86. The molecule has 1 atom stereocenters. The van der Waals surface area contributed by atoms with Crippen LogP contribution < -0.4 is 0 Å². The molecule has 24 heavy (non-hydrogen) atoms. The van der Waals surface area contributed by atoms with Gasteiger partial charge in [-0.1, -0.05) is 55.5 Å². The summed E-state index contributed by atoms with van der Waals surface area (Å²) in [4.78, 5) is 2.86. The number of aromatic amines is 1. The number of benzene rings is 3. The number of hydrogen-bond donors (Lipinski definition) is 1. The van der Waals surface area contributed by atoms with Crippen molar-refractivity contribution in [3.05, 3.63) is 84.2 Å². The molecule has 5 rings (SSSR count). The molecule has 1 unspecified atom stereocenters. The van der Waals surface area contributed by atoms with Gasteiger partial charge in [0.25, 0.3) is 0 Å². The summed E-state index contributed by atoms with van der Waals surface area (Å²) in [5.41, 5.74) is 3.17. The van der Waals surface area contributed by atoms with Crippen LogP contribution in [0.15, 0.2) is 73.1 Å². The number of hydrogen-bond acceptors (Lipinski definition) is 0. The fourth-order valence-corrected chi connectivity index (χ4v) is 3.83. The summed E-state index contributed by atoms with van der Waals surface area (Å²) >= 11 is 0. The van der Waals surface area contributed by atoms with Crippen molar-refractivity contribution in [2.45, 2.75) is 26.2 Å². The van der Waals surface area contributed by atoms with E-state index in [1.807, 2.05) is 24.5 Å². The third-order valence-corrected chi connectivity index (χ3v) is 5.09. The first-order valence-electron chi connectivity index (χ1n) is 8.83. The van der Waals surface area contributed by atoms with Gasteiger partial charge in [-0.05, 0) is 70.0 Å². The zero-order chi connectivity index (χ0) is 16.4. The second-order valence-corrected chi connectivity index (χ2v) is 6.82. The summed E-state index contributed by atoms with van der Waals surface area (Å²) < 4.78 is 0. The van der Waals surface area contributed by atoms with E-state index in [1.165, 1.54) is 40.8 Å². The SMILES string of the molecule is CC1CCc2c(ccc3c2ccc2ccccc23)C1.c1cc[nH]c1. The standard InChI is InChI=1S/C19H18.C4H5N/c1-13-6-9-17-15(12-13)8-11-18-16-5-3-2-4-14(16)7-10-19(17)18;1-2-4-5-3-1/h2-5,7-8,10-11,13H,6,9,12H2,1H3;1-5H. The smallest absolute Gasteiger partial charge is 0.000496 e. The highest BCUT2D eigenvalue weighted by molar-refractivity contribution is 6.08. The molecule has 1 heteroatoms. The Balaban J connectivity index is 0.000000252. The molecule has 4 aromatic rings. The molecular formula is C23H23N. The van der Waals surface area contributed by atoms with E-state index in [1.54, 1.807) is 11.1 Å². The second-order valence-electron chi connectivity index (χ2n) is 6.82. The Labute approximate surface area is 143 Å². The van der Waals surface area contributed by atoms with Crippen molar-refractivity contribution in [3.63, 3.8) is 0 Å². The monoisotopic (exact) mass is 313 g/mol. The molecule has 1 N–H and O–H groups in total. The number of aryl methyl sites for hydroxylation is 1. The van der Waals surface area contributed by atoms with Gasteiger partial charge in [-0.25, -0.2) is 0 Å². The van der Waals surface area contributed by atoms with Crippen LogP contribution in [-0.4, -0.2) is 4.98 Å². The lowest BCUT2D eigenvalue weighted by atomic mass is 9.82. The number of fused-ring (bicyclic) bond motifs is 5. The molecule has 0 radical (unpaired) electrons. The summed E-state index contributed by atoms with van der Waals surface area (Å²) in [6.07, 6.45) is 7.57. The predicted molar refractivity (Wildman–Crippen MR) is 103 cm³/mol. The Hall–Kier alpha value is -2.54. The lowest BCUT2D eigenvalue weighted by Crippen LogP contribution is -2.11. The van der Waals surface area contributed by atoms with E-state index >= 15 is 0 Å². The quantitative estimate of drug-likeness (QED) is 0.376. The van der Waals surface area contributed by atoms with E-state index in [4.69, 9.17) is 0 Å². The lowest BCUT2D eigenvalue weighted by molar-refractivity contribution is 0.503. The first-order chi connectivity index (χ1) is 11.8. The average Bonchev–Trinajstić information content (AvgIpc) is 3.21. The fraction of sp³-hybridized carbons (Fsp3) is 0.217. The van der Waals surface area contributed by atoms with Crippen LogP contribution in [0.25, 0.3) is 21.5 Å². The fourth-order valence-electron chi connectivity index (χ4n) is 3.83. The van der Waals surface area contributed by atoms with Crippen molar-refractivity contribution in [1.82, 2.24) is 4.98 Å². The third-order valence-electron chi connectivity index (χ3n) is 5.09. The van der Waals surface area contributed by atoms with Crippen molar-refractivity contribution in [3.8, 4) is 0 Å². The maximum absolute atomic E-state index is 2.86. The van der Waals surface area contributed by atoms with Gasteiger partial charge in [-0.15, -0.1) is 0 Å². The van der Waals surface area contributed by atoms with Gasteiger partial charge in [-0.3, -0.25) is 0 Å². The molecule has 1 heterocycles. The van der Waals surface area contributed by atoms with Crippen LogP contribution in [0.2, 0.25) is 0 Å². The molecule has 0 saturated heterocycles. The highest BCUT2D eigenvalue weighted by atomic mass is 14.6. The summed E-state index contributed by atoms with van der Waals surface area (Å²) in [5.74, 6) is 0.838. The molecule has 120 valence electrons. The predicted octanol–water partition coefficient (Wildman–Crippen LogP) is 6.13. The van der Waals surface area contributed by atoms with E-state index < -0.39 is 0 Å². The van der Waals surface area contributed by atoms with E-state index in [2.05, 4.69) is 60.4 Å². The molecule has 0 spiro atoms. The van der Waals surface area contributed by atoms with Crippen molar-refractivity contribution in [2.75, 3.05) is 0 Å². The molecule has 1 aliphatic rings. The Morgan fingerprint density at radius 3 is 2.38 bits per heavy atom. The second kappa shape index (κ2) is 6.52. The van der Waals surface area contributed by atoms with Gasteiger partial charge in [0.15, 0.2) is 0 Å². The molecule has 1 aromatic heterocycles. The minimum atomic E-state index is 0.838. The number of nitrogens with one attached hydrogen (secondary N) is 1. The Kier molecular flexibility index (Phi) is 4.08. The van der Waals surface area contributed by atoms with Crippen LogP contribution in [0.3, 0.4) is 0 Å². The van der Waals surface area contributed by atoms with Gasteiger partial charge >= 0.3 is 0 Å². The summed E-state index contributed by atoms with van der Waals surface area (Å²) in [7, 11) is 0. The normalized spacial score (nSPS) is 16.5. The van der Waals surface area contributed by atoms with E-state index in [-0.39, 0.29) is 0 Å². The molecular weight excluding hydrogens is 290 g/mol. The molecule has 0 bridgehead atoms. The first kappa shape index (κ1) is 15.0. The van der Waals surface area contributed by atoms with E-state index in [0.29, 0.717) is 0 Å². The van der Waals surface area contributed by atoms with Crippen LogP contribution in [0, 0.1) is 5.92 Å². The molecule has 0 fully saturated rings. The average molecular weight is 313 g/mol. The van der Waals surface area contributed by atoms with Crippen molar-refractivity contribution in [2.24, 2.45) is 5.92 Å². The van der Waals surface area contributed by atoms with Gasteiger partial charge in [0.2, 0.25) is 0 Å². The largest absolute Gasteiger partial charge is 0.368 e. The van der Waals surface area contributed by atoms with Crippen LogP contribution in [0.5, 0.6) is 0 Å². The zero-order valence-electron chi connectivity index (χ0n) is 14.1. The molecule has 0 saturated carbocycles. The molecule has 1 aliphatic carbocycles. The van der Waals surface area contributed by atoms with E-state index in [0.717, 1.165) is 5.92 Å².